The normalized spacial score (nSPS) is 32.1. The number of rotatable bonds is 0. The van der Waals surface area contributed by atoms with E-state index in [4.69, 9.17) is 10.2 Å². The zero-order valence-electron chi connectivity index (χ0n) is 6.53. The van der Waals surface area contributed by atoms with Gasteiger partial charge in [-0.3, -0.25) is 4.79 Å². The van der Waals surface area contributed by atoms with Crippen molar-refractivity contribution in [1.82, 2.24) is 4.90 Å². The van der Waals surface area contributed by atoms with Gasteiger partial charge in [0.2, 0.25) is 5.91 Å². The monoisotopic (exact) mass is 159 g/mol. The molecule has 2 unspecified atom stereocenters. The van der Waals surface area contributed by atoms with Gasteiger partial charge in [0.05, 0.1) is 12.2 Å². The lowest BCUT2D eigenvalue weighted by Crippen LogP contribution is -2.48. The lowest BCUT2D eigenvalue weighted by Gasteiger charge is -2.32. The summed E-state index contributed by atoms with van der Waals surface area (Å²) >= 11 is 0. The minimum Gasteiger partial charge on any atom is -0.390 e. The fraction of sp³-hybridized carbons (Fsp3) is 0.857. The van der Waals surface area contributed by atoms with Crippen LogP contribution in [0.2, 0.25) is 0 Å². The Bertz CT molecular complexity index is 160. The molecule has 0 aliphatic carbocycles. The number of aliphatic hydroxyl groups is 2. The molecule has 1 rings (SSSR count). The third-order valence-corrected chi connectivity index (χ3v) is 1.99. The summed E-state index contributed by atoms with van der Waals surface area (Å²) in [5, 5.41) is 18.2. The number of amides is 1. The Labute approximate surface area is 65.4 Å². The molecule has 1 heterocycles. The standard InChI is InChI=1S/C7H13NO3/c1-5(9)8-3-2-6(10)7(11)4-8/h6-7,10-11H,2-4H2,1H3. The van der Waals surface area contributed by atoms with Crippen LogP contribution in [-0.2, 0) is 4.79 Å². The van der Waals surface area contributed by atoms with Crippen LogP contribution in [0.3, 0.4) is 0 Å². The van der Waals surface area contributed by atoms with Gasteiger partial charge in [0, 0.05) is 20.0 Å². The van der Waals surface area contributed by atoms with Gasteiger partial charge in [-0.25, -0.2) is 0 Å². The van der Waals surface area contributed by atoms with E-state index in [1.165, 1.54) is 11.8 Å². The largest absolute Gasteiger partial charge is 0.390 e. The van der Waals surface area contributed by atoms with Gasteiger partial charge in [0.1, 0.15) is 0 Å². The Kier molecular flexibility index (Phi) is 2.46. The van der Waals surface area contributed by atoms with Crippen molar-refractivity contribution >= 4 is 5.91 Å². The van der Waals surface area contributed by atoms with Crippen molar-refractivity contribution in [2.45, 2.75) is 25.6 Å². The highest BCUT2D eigenvalue weighted by molar-refractivity contribution is 5.73. The van der Waals surface area contributed by atoms with Crippen LogP contribution in [0.25, 0.3) is 0 Å². The van der Waals surface area contributed by atoms with Crippen LogP contribution >= 0.6 is 0 Å². The molecule has 64 valence electrons. The van der Waals surface area contributed by atoms with Crippen LogP contribution in [0.1, 0.15) is 13.3 Å². The number of carbonyl (C=O) groups excluding carboxylic acids is 1. The molecule has 1 saturated heterocycles. The Hall–Kier alpha value is -0.610. The first-order valence-corrected chi connectivity index (χ1v) is 3.73. The molecule has 11 heavy (non-hydrogen) atoms. The smallest absolute Gasteiger partial charge is 0.219 e. The molecule has 4 heteroatoms. The molecule has 1 amide bonds. The summed E-state index contributed by atoms with van der Waals surface area (Å²) < 4.78 is 0. The van der Waals surface area contributed by atoms with Crippen molar-refractivity contribution in [1.29, 1.82) is 0 Å². The highest BCUT2D eigenvalue weighted by Gasteiger charge is 2.26. The number of aliphatic hydroxyl groups excluding tert-OH is 2. The van der Waals surface area contributed by atoms with Gasteiger partial charge in [-0.05, 0) is 6.42 Å². The van der Waals surface area contributed by atoms with Crippen LogP contribution in [-0.4, -0.2) is 46.3 Å². The van der Waals surface area contributed by atoms with Crippen molar-refractivity contribution < 1.29 is 15.0 Å². The Morgan fingerprint density at radius 2 is 2.09 bits per heavy atom. The van der Waals surface area contributed by atoms with E-state index >= 15 is 0 Å². The van der Waals surface area contributed by atoms with Gasteiger partial charge in [0.25, 0.3) is 0 Å². The molecule has 0 radical (unpaired) electrons. The predicted molar refractivity (Wildman–Crippen MR) is 38.9 cm³/mol. The molecule has 1 aliphatic rings. The molecule has 0 aromatic heterocycles. The van der Waals surface area contributed by atoms with Crippen molar-refractivity contribution in [3.63, 3.8) is 0 Å². The van der Waals surface area contributed by atoms with Crippen LogP contribution in [0.5, 0.6) is 0 Å². The van der Waals surface area contributed by atoms with Crippen LogP contribution in [0.15, 0.2) is 0 Å². The molecule has 2 atom stereocenters. The lowest BCUT2D eigenvalue weighted by molar-refractivity contribution is -0.135. The zero-order chi connectivity index (χ0) is 8.43. The summed E-state index contributed by atoms with van der Waals surface area (Å²) in [7, 11) is 0. The molecule has 0 bridgehead atoms. The maximum absolute atomic E-state index is 10.8. The van der Waals surface area contributed by atoms with Gasteiger partial charge < -0.3 is 15.1 Å². The third kappa shape index (κ3) is 1.91. The summed E-state index contributed by atoms with van der Waals surface area (Å²) in [6.45, 7) is 2.27. The Balaban J connectivity index is 2.46. The first-order chi connectivity index (χ1) is 5.11. The molecule has 0 aromatic rings. The first-order valence-electron chi connectivity index (χ1n) is 3.73. The second-order valence-electron chi connectivity index (χ2n) is 2.89. The molecule has 1 aliphatic heterocycles. The maximum atomic E-state index is 10.8. The zero-order valence-corrected chi connectivity index (χ0v) is 6.53. The Morgan fingerprint density at radius 3 is 2.55 bits per heavy atom. The minimum absolute atomic E-state index is 0.0454. The number of hydrogen-bond acceptors (Lipinski definition) is 3. The number of β-amino-alcohol motifs (C(OH)–C–C–N with tert-alkyl or cyclic N) is 1. The fourth-order valence-corrected chi connectivity index (χ4v) is 1.21. The number of nitrogens with zero attached hydrogens (tertiary/aromatic N) is 1. The average molecular weight is 159 g/mol. The van der Waals surface area contributed by atoms with Crippen molar-refractivity contribution in [3.05, 3.63) is 0 Å². The number of likely N-dealkylation sites (tertiary alicyclic amines) is 1. The van der Waals surface area contributed by atoms with Crippen molar-refractivity contribution in [3.8, 4) is 0 Å². The fourth-order valence-electron chi connectivity index (χ4n) is 1.21. The highest BCUT2D eigenvalue weighted by Crippen LogP contribution is 2.10. The van der Waals surface area contributed by atoms with Crippen LogP contribution < -0.4 is 0 Å². The number of hydrogen-bond donors (Lipinski definition) is 2. The minimum atomic E-state index is -0.771. The van der Waals surface area contributed by atoms with E-state index in [1.807, 2.05) is 0 Å². The number of carbonyl (C=O) groups is 1. The summed E-state index contributed by atoms with van der Waals surface area (Å²) in [4.78, 5) is 12.3. The molecular weight excluding hydrogens is 146 g/mol. The topological polar surface area (TPSA) is 60.8 Å². The molecule has 0 spiro atoms. The van der Waals surface area contributed by atoms with Crippen LogP contribution in [0.4, 0.5) is 0 Å². The van der Waals surface area contributed by atoms with Gasteiger partial charge in [-0.2, -0.15) is 0 Å². The van der Waals surface area contributed by atoms with E-state index in [0.29, 0.717) is 13.0 Å². The highest BCUT2D eigenvalue weighted by atomic mass is 16.3. The molecular formula is C7H13NO3. The summed E-state index contributed by atoms with van der Waals surface area (Å²) in [5.41, 5.74) is 0. The van der Waals surface area contributed by atoms with E-state index in [0.717, 1.165) is 0 Å². The first kappa shape index (κ1) is 8.49. The Morgan fingerprint density at radius 1 is 1.45 bits per heavy atom. The molecule has 1 fully saturated rings. The second-order valence-corrected chi connectivity index (χ2v) is 2.89. The SMILES string of the molecule is CC(=O)N1CCC(O)C(O)C1. The average Bonchev–Trinajstić information content (AvgIpc) is 1.94. The lowest BCUT2D eigenvalue weighted by atomic mass is 10.1. The van der Waals surface area contributed by atoms with E-state index < -0.39 is 12.2 Å². The molecule has 4 nitrogen and oxygen atoms in total. The van der Waals surface area contributed by atoms with Gasteiger partial charge in [-0.15, -0.1) is 0 Å². The van der Waals surface area contributed by atoms with Gasteiger partial charge >= 0.3 is 0 Å². The molecule has 2 N–H and O–H groups in total. The molecule has 0 saturated carbocycles. The van der Waals surface area contributed by atoms with Crippen molar-refractivity contribution in [2.75, 3.05) is 13.1 Å². The summed E-state index contributed by atoms with van der Waals surface area (Å²) in [5.74, 6) is -0.0454. The summed E-state index contributed by atoms with van der Waals surface area (Å²) in [6, 6.07) is 0. The maximum Gasteiger partial charge on any atom is 0.219 e. The van der Waals surface area contributed by atoms with Gasteiger partial charge in [0.15, 0.2) is 0 Å². The number of piperidine rings is 1. The molecule has 0 aromatic carbocycles. The van der Waals surface area contributed by atoms with E-state index in [1.54, 1.807) is 0 Å². The predicted octanol–water partition coefficient (Wildman–Crippen LogP) is -1.04. The van der Waals surface area contributed by atoms with E-state index in [9.17, 15) is 4.79 Å². The van der Waals surface area contributed by atoms with Crippen LogP contribution in [0, 0.1) is 0 Å². The van der Waals surface area contributed by atoms with E-state index in [2.05, 4.69) is 0 Å². The second kappa shape index (κ2) is 3.19. The van der Waals surface area contributed by atoms with E-state index in [-0.39, 0.29) is 12.5 Å². The summed E-state index contributed by atoms with van der Waals surface area (Å²) in [6.07, 6.45) is -0.959. The quantitative estimate of drug-likeness (QED) is 0.474. The third-order valence-electron chi connectivity index (χ3n) is 1.99. The van der Waals surface area contributed by atoms with Gasteiger partial charge in [-0.1, -0.05) is 0 Å². The van der Waals surface area contributed by atoms with Crippen molar-refractivity contribution in [2.24, 2.45) is 0 Å².